The molecule has 0 aliphatic carbocycles. The van der Waals surface area contributed by atoms with Crippen molar-refractivity contribution >= 4 is 39.1 Å². The molecule has 0 aromatic heterocycles. The summed E-state index contributed by atoms with van der Waals surface area (Å²) < 4.78 is 67.3. The van der Waals surface area contributed by atoms with Crippen molar-refractivity contribution in [1.82, 2.24) is 9.21 Å². The number of carbonyl (C=O) groups is 1. The standard InChI is InChI=1S/C18H15Cl2F3N2O4S/c19-14-2-1-3-15(16(14)20)30(27,28)25-10-8-24(9-11-25)17(26)12-4-6-13(7-5-12)29-18(21,22)23/h1-7H,8-11H2. The quantitative estimate of drug-likeness (QED) is 0.659. The Bertz CT molecular complexity index is 1040. The number of alkyl halides is 3. The summed E-state index contributed by atoms with van der Waals surface area (Å²) in [6.45, 7) is 0.284. The van der Waals surface area contributed by atoms with Crippen molar-refractivity contribution in [2.24, 2.45) is 0 Å². The van der Waals surface area contributed by atoms with E-state index in [1.165, 1.54) is 39.5 Å². The van der Waals surface area contributed by atoms with Crippen molar-refractivity contribution in [2.75, 3.05) is 26.2 Å². The van der Waals surface area contributed by atoms with Gasteiger partial charge in [-0.15, -0.1) is 13.2 Å². The van der Waals surface area contributed by atoms with Crippen molar-refractivity contribution in [2.45, 2.75) is 11.3 Å². The molecule has 1 amide bonds. The molecule has 0 radical (unpaired) electrons. The highest BCUT2D eigenvalue weighted by Gasteiger charge is 2.33. The fourth-order valence-electron chi connectivity index (χ4n) is 2.94. The van der Waals surface area contributed by atoms with E-state index in [0.29, 0.717) is 0 Å². The molecule has 6 nitrogen and oxygen atoms in total. The number of nitrogens with zero attached hydrogens (tertiary/aromatic N) is 2. The monoisotopic (exact) mass is 482 g/mol. The van der Waals surface area contributed by atoms with Crippen LogP contribution in [-0.4, -0.2) is 56.1 Å². The molecule has 30 heavy (non-hydrogen) atoms. The Morgan fingerprint density at radius 3 is 2.13 bits per heavy atom. The van der Waals surface area contributed by atoms with Crippen LogP contribution in [0.5, 0.6) is 5.75 Å². The van der Waals surface area contributed by atoms with E-state index in [0.717, 1.165) is 12.1 Å². The molecule has 0 saturated carbocycles. The summed E-state index contributed by atoms with van der Waals surface area (Å²) in [7, 11) is -3.90. The van der Waals surface area contributed by atoms with Gasteiger partial charge in [-0.2, -0.15) is 4.31 Å². The molecule has 2 aromatic carbocycles. The molecular weight excluding hydrogens is 468 g/mol. The van der Waals surface area contributed by atoms with Crippen LogP contribution in [0.2, 0.25) is 10.0 Å². The molecular formula is C18H15Cl2F3N2O4S. The van der Waals surface area contributed by atoms with E-state index in [1.54, 1.807) is 0 Å². The lowest BCUT2D eigenvalue weighted by Crippen LogP contribution is -2.50. The average Bonchev–Trinajstić information content (AvgIpc) is 2.69. The van der Waals surface area contributed by atoms with Crippen LogP contribution in [0.1, 0.15) is 10.4 Å². The van der Waals surface area contributed by atoms with Crippen LogP contribution in [0.3, 0.4) is 0 Å². The Labute approximate surface area is 180 Å². The van der Waals surface area contributed by atoms with Gasteiger partial charge >= 0.3 is 6.36 Å². The first kappa shape index (κ1) is 22.7. The predicted octanol–water partition coefficient (Wildman–Crippen LogP) is 4.04. The zero-order valence-corrected chi connectivity index (χ0v) is 17.5. The number of ether oxygens (including phenoxy) is 1. The van der Waals surface area contributed by atoms with Gasteiger partial charge in [0.1, 0.15) is 10.6 Å². The zero-order chi connectivity index (χ0) is 22.1. The summed E-state index contributed by atoms with van der Waals surface area (Å²) in [5.41, 5.74) is 0.165. The van der Waals surface area contributed by atoms with Crippen molar-refractivity contribution in [1.29, 1.82) is 0 Å². The lowest BCUT2D eigenvalue weighted by Gasteiger charge is -2.34. The highest BCUT2D eigenvalue weighted by molar-refractivity contribution is 7.89. The van der Waals surface area contributed by atoms with Crippen LogP contribution < -0.4 is 4.74 Å². The van der Waals surface area contributed by atoms with Gasteiger partial charge in [-0.25, -0.2) is 8.42 Å². The van der Waals surface area contributed by atoms with Gasteiger partial charge in [-0.1, -0.05) is 29.3 Å². The largest absolute Gasteiger partial charge is 0.573 e. The summed E-state index contributed by atoms with van der Waals surface area (Å²) in [4.78, 5) is 13.9. The SMILES string of the molecule is O=C(c1ccc(OC(F)(F)F)cc1)N1CCN(S(=O)(=O)c2cccc(Cl)c2Cl)CC1. The maximum atomic E-state index is 12.8. The number of sulfonamides is 1. The molecule has 1 heterocycles. The van der Waals surface area contributed by atoms with Gasteiger partial charge in [-0.05, 0) is 36.4 Å². The average molecular weight is 483 g/mol. The number of amides is 1. The second-order valence-electron chi connectivity index (χ2n) is 6.32. The minimum absolute atomic E-state index is 0.0339. The molecule has 0 atom stereocenters. The normalized spacial score (nSPS) is 15.8. The number of carbonyl (C=O) groups excluding carboxylic acids is 1. The van der Waals surface area contributed by atoms with Crippen LogP contribution in [0, 0.1) is 0 Å². The predicted molar refractivity (Wildman–Crippen MR) is 104 cm³/mol. The van der Waals surface area contributed by atoms with E-state index in [2.05, 4.69) is 4.74 Å². The second-order valence-corrected chi connectivity index (χ2v) is 9.01. The summed E-state index contributed by atoms with van der Waals surface area (Å²) in [5.74, 6) is -0.861. The molecule has 162 valence electrons. The fourth-order valence-corrected chi connectivity index (χ4v) is 5.09. The summed E-state index contributed by atoms with van der Waals surface area (Å²) in [6.07, 6.45) is -4.82. The number of hydrogen-bond donors (Lipinski definition) is 0. The Hall–Kier alpha value is -2.01. The summed E-state index contributed by atoms with van der Waals surface area (Å²) in [5, 5.41) is 0.0448. The highest BCUT2D eigenvalue weighted by atomic mass is 35.5. The number of benzene rings is 2. The first-order valence-electron chi connectivity index (χ1n) is 8.58. The van der Waals surface area contributed by atoms with E-state index >= 15 is 0 Å². The van der Waals surface area contributed by atoms with Gasteiger partial charge < -0.3 is 9.64 Å². The molecule has 1 aliphatic rings. The van der Waals surface area contributed by atoms with Gasteiger partial charge in [0.05, 0.1) is 10.0 Å². The smallest absolute Gasteiger partial charge is 0.406 e. The maximum absolute atomic E-state index is 12.8. The molecule has 1 fully saturated rings. The summed E-state index contributed by atoms with van der Waals surface area (Å²) >= 11 is 11.9. The van der Waals surface area contributed by atoms with Gasteiger partial charge in [0.25, 0.3) is 5.91 Å². The first-order valence-corrected chi connectivity index (χ1v) is 10.8. The van der Waals surface area contributed by atoms with E-state index < -0.39 is 28.0 Å². The molecule has 1 saturated heterocycles. The highest BCUT2D eigenvalue weighted by Crippen LogP contribution is 2.31. The minimum Gasteiger partial charge on any atom is -0.406 e. The van der Waals surface area contributed by atoms with Crippen molar-refractivity contribution in [3.8, 4) is 5.75 Å². The lowest BCUT2D eigenvalue weighted by molar-refractivity contribution is -0.274. The third kappa shape index (κ3) is 5.00. The molecule has 0 N–H and O–H groups in total. The van der Waals surface area contributed by atoms with Crippen molar-refractivity contribution in [3.05, 3.63) is 58.1 Å². The third-order valence-corrected chi connectivity index (χ3v) is 7.27. The van der Waals surface area contributed by atoms with Crippen LogP contribution in [0.25, 0.3) is 0 Å². The van der Waals surface area contributed by atoms with Crippen LogP contribution in [0.4, 0.5) is 13.2 Å². The molecule has 0 spiro atoms. The Kier molecular flexibility index (Phi) is 6.51. The lowest BCUT2D eigenvalue weighted by atomic mass is 10.2. The van der Waals surface area contributed by atoms with Crippen molar-refractivity contribution in [3.63, 3.8) is 0 Å². The molecule has 1 aliphatic heterocycles. The minimum atomic E-state index is -4.82. The van der Waals surface area contributed by atoms with Crippen LogP contribution in [-0.2, 0) is 10.0 Å². The van der Waals surface area contributed by atoms with Gasteiger partial charge in [0.2, 0.25) is 10.0 Å². The molecule has 12 heteroatoms. The van der Waals surface area contributed by atoms with E-state index in [1.807, 2.05) is 0 Å². The first-order chi connectivity index (χ1) is 14.0. The topological polar surface area (TPSA) is 66.9 Å². The second kappa shape index (κ2) is 8.62. The number of piperazine rings is 1. The Morgan fingerprint density at radius 1 is 0.967 bits per heavy atom. The third-order valence-electron chi connectivity index (χ3n) is 4.39. The van der Waals surface area contributed by atoms with Crippen LogP contribution >= 0.6 is 23.2 Å². The molecule has 2 aromatic rings. The van der Waals surface area contributed by atoms with Crippen LogP contribution in [0.15, 0.2) is 47.4 Å². The Morgan fingerprint density at radius 2 is 1.57 bits per heavy atom. The number of hydrogen-bond acceptors (Lipinski definition) is 4. The zero-order valence-electron chi connectivity index (χ0n) is 15.2. The van der Waals surface area contributed by atoms with Gasteiger partial charge in [0.15, 0.2) is 0 Å². The van der Waals surface area contributed by atoms with Gasteiger partial charge in [-0.3, -0.25) is 4.79 Å². The van der Waals surface area contributed by atoms with Crippen molar-refractivity contribution < 1.29 is 31.1 Å². The van der Waals surface area contributed by atoms with Gasteiger partial charge in [0, 0.05) is 31.7 Å². The molecule has 0 bridgehead atoms. The number of rotatable bonds is 4. The maximum Gasteiger partial charge on any atom is 0.573 e. The molecule has 3 rings (SSSR count). The number of halogens is 5. The van der Waals surface area contributed by atoms with E-state index in [-0.39, 0.29) is 46.7 Å². The molecule has 0 unspecified atom stereocenters. The Balaban J connectivity index is 1.66. The van der Waals surface area contributed by atoms with E-state index in [4.69, 9.17) is 23.2 Å². The van der Waals surface area contributed by atoms with E-state index in [9.17, 15) is 26.4 Å². The summed E-state index contributed by atoms with van der Waals surface area (Å²) in [6, 6.07) is 8.84. The fraction of sp³-hybridized carbons (Fsp3) is 0.278.